The van der Waals surface area contributed by atoms with Gasteiger partial charge in [0.05, 0.1) is 13.7 Å². The van der Waals surface area contributed by atoms with Gasteiger partial charge in [0.25, 0.3) is 0 Å². The second-order valence-corrected chi connectivity index (χ2v) is 5.58. The van der Waals surface area contributed by atoms with E-state index in [-0.39, 0.29) is 5.97 Å². The molecule has 4 heteroatoms. The zero-order valence-corrected chi connectivity index (χ0v) is 12.1. The number of hydrogen-bond donors (Lipinski definition) is 1. The Morgan fingerprint density at radius 3 is 2.56 bits per heavy atom. The van der Waals surface area contributed by atoms with Crippen molar-refractivity contribution in [3.05, 3.63) is 0 Å². The fourth-order valence-electron chi connectivity index (χ4n) is 2.31. The zero-order chi connectivity index (χ0) is 13.6. The van der Waals surface area contributed by atoms with Crippen molar-refractivity contribution >= 4 is 5.97 Å². The summed E-state index contributed by atoms with van der Waals surface area (Å²) in [5, 5.41) is 3.13. The number of methoxy groups -OCH3 is 1. The molecular formula is C14H27NO3. The Labute approximate surface area is 110 Å². The number of carbonyl (C=O) groups excluding carboxylic acids is 1. The van der Waals surface area contributed by atoms with E-state index in [1.54, 1.807) is 0 Å². The molecule has 1 aliphatic rings. The monoisotopic (exact) mass is 257 g/mol. The first kappa shape index (κ1) is 15.4. The Morgan fingerprint density at radius 1 is 1.44 bits per heavy atom. The van der Waals surface area contributed by atoms with Gasteiger partial charge in [0.1, 0.15) is 5.54 Å². The summed E-state index contributed by atoms with van der Waals surface area (Å²) in [4.78, 5) is 12.0. The molecule has 0 bridgehead atoms. The van der Waals surface area contributed by atoms with Crippen molar-refractivity contribution in [2.45, 2.75) is 45.1 Å². The second kappa shape index (κ2) is 7.10. The molecule has 106 valence electrons. The summed E-state index contributed by atoms with van der Waals surface area (Å²) in [5.74, 6) is 0.864. The minimum Gasteiger partial charge on any atom is -0.468 e. The van der Waals surface area contributed by atoms with Gasteiger partial charge in [-0.15, -0.1) is 0 Å². The third-order valence-corrected chi connectivity index (χ3v) is 3.67. The highest BCUT2D eigenvalue weighted by Gasteiger charge is 2.51. The molecule has 1 atom stereocenters. The lowest BCUT2D eigenvalue weighted by molar-refractivity contribution is -0.152. The number of esters is 1. The Hall–Kier alpha value is -0.610. The van der Waals surface area contributed by atoms with Crippen LogP contribution in [0.2, 0.25) is 0 Å². The highest BCUT2D eigenvalue weighted by Crippen LogP contribution is 2.40. The van der Waals surface area contributed by atoms with Crippen molar-refractivity contribution in [1.82, 2.24) is 5.32 Å². The molecule has 0 aromatic carbocycles. The van der Waals surface area contributed by atoms with Gasteiger partial charge in [0.2, 0.25) is 0 Å². The molecule has 4 nitrogen and oxygen atoms in total. The largest absolute Gasteiger partial charge is 0.468 e. The van der Waals surface area contributed by atoms with E-state index in [4.69, 9.17) is 9.47 Å². The fourth-order valence-corrected chi connectivity index (χ4v) is 2.31. The SMILES string of the molecule is CNC(COCCCC(C)C)(C(=O)OC)C1CC1. The van der Waals surface area contributed by atoms with Crippen molar-refractivity contribution < 1.29 is 14.3 Å². The summed E-state index contributed by atoms with van der Waals surface area (Å²) in [6, 6.07) is 0. The van der Waals surface area contributed by atoms with Crippen LogP contribution in [-0.2, 0) is 14.3 Å². The summed E-state index contributed by atoms with van der Waals surface area (Å²) in [6.07, 6.45) is 4.36. The molecule has 1 N–H and O–H groups in total. The maximum absolute atomic E-state index is 12.0. The first-order chi connectivity index (χ1) is 8.56. The van der Waals surface area contributed by atoms with Gasteiger partial charge in [0.15, 0.2) is 0 Å². The van der Waals surface area contributed by atoms with Crippen LogP contribution in [0, 0.1) is 11.8 Å². The van der Waals surface area contributed by atoms with E-state index >= 15 is 0 Å². The number of hydrogen-bond acceptors (Lipinski definition) is 4. The number of carbonyl (C=O) groups is 1. The zero-order valence-electron chi connectivity index (χ0n) is 12.1. The molecule has 1 rings (SSSR count). The van der Waals surface area contributed by atoms with E-state index in [2.05, 4.69) is 19.2 Å². The van der Waals surface area contributed by atoms with E-state index in [1.807, 2.05) is 7.05 Å². The molecule has 1 aliphatic carbocycles. The molecule has 0 aliphatic heterocycles. The van der Waals surface area contributed by atoms with Gasteiger partial charge in [-0.05, 0) is 44.6 Å². The summed E-state index contributed by atoms with van der Waals surface area (Å²) in [6.45, 7) is 5.54. The summed E-state index contributed by atoms with van der Waals surface area (Å²) >= 11 is 0. The third kappa shape index (κ3) is 3.95. The average Bonchev–Trinajstić information content (AvgIpc) is 3.17. The Morgan fingerprint density at radius 2 is 2.11 bits per heavy atom. The predicted octanol–water partition coefficient (Wildman–Crippen LogP) is 1.98. The van der Waals surface area contributed by atoms with Crippen LogP contribution < -0.4 is 5.32 Å². The topological polar surface area (TPSA) is 47.6 Å². The predicted molar refractivity (Wildman–Crippen MR) is 71.4 cm³/mol. The molecule has 0 amide bonds. The van der Waals surface area contributed by atoms with E-state index < -0.39 is 5.54 Å². The minimum absolute atomic E-state index is 0.198. The molecule has 1 fully saturated rings. The smallest absolute Gasteiger partial charge is 0.328 e. The van der Waals surface area contributed by atoms with E-state index in [1.165, 1.54) is 7.11 Å². The van der Waals surface area contributed by atoms with Crippen LogP contribution in [0.5, 0.6) is 0 Å². The van der Waals surface area contributed by atoms with E-state index in [0.717, 1.165) is 25.7 Å². The first-order valence-electron chi connectivity index (χ1n) is 6.92. The van der Waals surface area contributed by atoms with Gasteiger partial charge in [0, 0.05) is 6.61 Å². The van der Waals surface area contributed by atoms with Crippen LogP contribution in [0.4, 0.5) is 0 Å². The van der Waals surface area contributed by atoms with E-state index in [9.17, 15) is 4.79 Å². The number of nitrogens with one attached hydrogen (secondary N) is 1. The second-order valence-electron chi connectivity index (χ2n) is 5.58. The van der Waals surface area contributed by atoms with Gasteiger partial charge in [-0.2, -0.15) is 0 Å². The molecule has 1 saturated carbocycles. The molecule has 0 aromatic heterocycles. The molecular weight excluding hydrogens is 230 g/mol. The number of ether oxygens (including phenoxy) is 2. The lowest BCUT2D eigenvalue weighted by Gasteiger charge is -2.30. The molecule has 0 saturated heterocycles. The van der Waals surface area contributed by atoms with Gasteiger partial charge in [-0.3, -0.25) is 0 Å². The van der Waals surface area contributed by atoms with Crippen LogP contribution in [0.3, 0.4) is 0 Å². The van der Waals surface area contributed by atoms with Crippen LogP contribution in [0.15, 0.2) is 0 Å². The average molecular weight is 257 g/mol. The van der Waals surface area contributed by atoms with Gasteiger partial charge in [-0.1, -0.05) is 13.8 Å². The normalized spacial score (nSPS) is 18.7. The standard InChI is InChI=1S/C14H27NO3/c1-11(2)6-5-9-18-10-14(15-3,12-7-8-12)13(16)17-4/h11-12,15H,5-10H2,1-4H3. The summed E-state index contributed by atoms with van der Waals surface area (Å²) < 4.78 is 10.6. The number of likely N-dealkylation sites (N-methyl/N-ethyl adjacent to an activating group) is 1. The Balaban J connectivity index is 2.39. The van der Waals surface area contributed by atoms with E-state index in [0.29, 0.717) is 25.0 Å². The van der Waals surface area contributed by atoms with Gasteiger partial charge in [-0.25, -0.2) is 4.79 Å². The van der Waals surface area contributed by atoms with Crippen molar-refractivity contribution in [1.29, 1.82) is 0 Å². The lowest BCUT2D eigenvalue weighted by Crippen LogP contribution is -2.56. The quantitative estimate of drug-likeness (QED) is 0.507. The highest BCUT2D eigenvalue weighted by atomic mass is 16.5. The molecule has 0 aromatic rings. The van der Waals surface area contributed by atoms with Crippen molar-refractivity contribution in [2.24, 2.45) is 11.8 Å². The maximum Gasteiger partial charge on any atom is 0.328 e. The van der Waals surface area contributed by atoms with Crippen molar-refractivity contribution in [3.63, 3.8) is 0 Å². The van der Waals surface area contributed by atoms with Crippen LogP contribution in [0.25, 0.3) is 0 Å². The van der Waals surface area contributed by atoms with Crippen LogP contribution in [0.1, 0.15) is 39.5 Å². The Bertz CT molecular complexity index is 264. The summed E-state index contributed by atoms with van der Waals surface area (Å²) in [7, 11) is 3.25. The van der Waals surface area contributed by atoms with Crippen molar-refractivity contribution in [3.8, 4) is 0 Å². The van der Waals surface area contributed by atoms with Crippen LogP contribution in [-0.4, -0.2) is 38.9 Å². The molecule has 18 heavy (non-hydrogen) atoms. The first-order valence-corrected chi connectivity index (χ1v) is 6.92. The summed E-state index contributed by atoms with van der Waals surface area (Å²) in [5.41, 5.74) is -0.632. The minimum atomic E-state index is -0.632. The van der Waals surface area contributed by atoms with Gasteiger partial charge >= 0.3 is 5.97 Å². The molecule has 0 radical (unpaired) electrons. The molecule has 0 spiro atoms. The van der Waals surface area contributed by atoms with Gasteiger partial charge < -0.3 is 14.8 Å². The van der Waals surface area contributed by atoms with Crippen LogP contribution >= 0.6 is 0 Å². The molecule has 1 unspecified atom stereocenters. The highest BCUT2D eigenvalue weighted by molar-refractivity contribution is 5.82. The third-order valence-electron chi connectivity index (χ3n) is 3.67. The Kier molecular flexibility index (Phi) is 6.09. The molecule has 0 heterocycles. The maximum atomic E-state index is 12.0. The number of rotatable bonds is 9. The fraction of sp³-hybridized carbons (Fsp3) is 0.929. The lowest BCUT2D eigenvalue weighted by atomic mass is 9.94. The van der Waals surface area contributed by atoms with Crippen molar-refractivity contribution in [2.75, 3.05) is 27.4 Å².